The van der Waals surface area contributed by atoms with Crippen LogP contribution < -0.4 is 4.74 Å². The summed E-state index contributed by atoms with van der Waals surface area (Å²) in [6, 6.07) is 7.38. The Morgan fingerprint density at radius 3 is 2.67 bits per heavy atom. The summed E-state index contributed by atoms with van der Waals surface area (Å²) in [5, 5.41) is 0. The summed E-state index contributed by atoms with van der Waals surface area (Å²) in [7, 11) is 1.58. The fraction of sp³-hybridized carbons (Fsp3) is 0.375. The molecule has 5 heteroatoms. The SMILES string of the molecule is CCOC(=O)c1oc(-c2ccccc2OC)nc1C(C)C. The topological polar surface area (TPSA) is 61.6 Å². The van der Waals surface area contributed by atoms with Crippen molar-refractivity contribution in [2.45, 2.75) is 26.7 Å². The third-order valence-electron chi connectivity index (χ3n) is 3.00. The quantitative estimate of drug-likeness (QED) is 0.786. The number of aromatic nitrogens is 1. The Kier molecular flexibility index (Phi) is 4.62. The zero-order valence-electron chi connectivity index (χ0n) is 12.7. The number of ether oxygens (including phenoxy) is 2. The Hall–Kier alpha value is -2.30. The maximum atomic E-state index is 12.0. The molecule has 2 aromatic rings. The predicted octanol–water partition coefficient (Wildman–Crippen LogP) is 3.65. The first-order chi connectivity index (χ1) is 10.1. The minimum Gasteiger partial charge on any atom is -0.496 e. The first kappa shape index (κ1) is 15.1. The molecular formula is C16H19NO4. The summed E-state index contributed by atoms with van der Waals surface area (Å²) in [4.78, 5) is 16.4. The highest BCUT2D eigenvalue weighted by molar-refractivity contribution is 5.88. The third kappa shape index (κ3) is 3.07. The van der Waals surface area contributed by atoms with Crippen LogP contribution in [0.5, 0.6) is 5.75 Å². The van der Waals surface area contributed by atoms with Crippen molar-refractivity contribution in [1.29, 1.82) is 0 Å². The largest absolute Gasteiger partial charge is 0.496 e. The number of hydrogen-bond donors (Lipinski definition) is 0. The Labute approximate surface area is 123 Å². The van der Waals surface area contributed by atoms with Crippen molar-refractivity contribution in [1.82, 2.24) is 4.98 Å². The lowest BCUT2D eigenvalue weighted by Crippen LogP contribution is -2.07. The normalized spacial score (nSPS) is 10.7. The van der Waals surface area contributed by atoms with Crippen LogP contribution in [0, 0.1) is 0 Å². The zero-order chi connectivity index (χ0) is 15.4. The van der Waals surface area contributed by atoms with Crippen molar-refractivity contribution in [3.8, 4) is 17.2 Å². The van der Waals surface area contributed by atoms with Crippen molar-refractivity contribution in [2.24, 2.45) is 0 Å². The molecule has 1 heterocycles. The van der Waals surface area contributed by atoms with Gasteiger partial charge in [0.25, 0.3) is 0 Å². The average Bonchev–Trinajstić information content (AvgIpc) is 2.92. The number of esters is 1. The van der Waals surface area contributed by atoms with Gasteiger partial charge in [0, 0.05) is 0 Å². The molecule has 0 N–H and O–H groups in total. The van der Waals surface area contributed by atoms with Gasteiger partial charge in [0.15, 0.2) is 0 Å². The molecule has 0 spiro atoms. The second-order valence-corrected chi connectivity index (χ2v) is 4.81. The van der Waals surface area contributed by atoms with E-state index in [0.29, 0.717) is 29.5 Å². The van der Waals surface area contributed by atoms with E-state index in [0.717, 1.165) is 0 Å². The second-order valence-electron chi connectivity index (χ2n) is 4.81. The molecule has 0 atom stereocenters. The van der Waals surface area contributed by atoms with Gasteiger partial charge in [-0.1, -0.05) is 26.0 Å². The van der Waals surface area contributed by atoms with Crippen molar-refractivity contribution >= 4 is 5.97 Å². The highest BCUT2D eigenvalue weighted by Crippen LogP contribution is 2.32. The Bertz CT molecular complexity index is 631. The molecule has 2 rings (SSSR count). The predicted molar refractivity (Wildman–Crippen MR) is 78.5 cm³/mol. The van der Waals surface area contributed by atoms with Crippen molar-refractivity contribution < 1.29 is 18.7 Å². The smallest absolute Gasteiger partial charge is 0.376 e. The number of rotatable bonds is 5. The number of benzene rings is 1. The van der Waals surface area contributed by atoms with Crippen LogP contribution >= 0.6 is 0 Å². The molecular weight excluding hydrogens is 270 g/mol. The molecule has 0 aliphatic rings. The van der Waals surface area contributed by atoms with Crippen LogP contribution in [0.25, 0.3) is 11.5 Å². The monoisotopic (exact) mass is 289 g/mol. The number of oxazole rings is 1. The average molecular weight is 289 g/mol. The highest BCUT2D eigenvalue weighted by atomic mass is 16.5. The summed E-state index contributed by atoms with van der Waals surface area (Å²) in [5.41, 5.74) is 1.30. The molecule has 112 valence electrons. The fourth-order valence-corrected chi connectivity index (χ4v) is 2.00. The van der Waals surface area contributed by atoms with E-state index in [4.69, 9.17) is 13.9 Å². The zero-order valence-corrected chi connectivity index (χ0v) is 12.7. The first-order valence-electron chi connectivity index (χ1n) is 6.89. The number of carbonyl (C=O) groups is 1. The van der Waals surface area contributed by atoms with Crippen LogP contribution in [-0.2, 0) is 4.74 Å². The molecule has 0 saturated carbocycles. The lowest BCUT2D eigenvalue weighted by molar-refractivity contribution is 0.0488. The van der Waals surface area contributed by atoms with Crippen LogP contribution in [0.15, 0.2) is 28.7 Å². The van der Waals surface area contributed by atoms with Gasteiger partial charge in [-0.05, 0) is 25.0 Å². The van der Waals surface area contributed by atoms with Crippen LogP contribution in [0.2, 0.25) is 0 Å². The molecule has 0 bridgehead atoms. The molecule has 0 radical (unpaired) electrons. The van der Waals surface area contributed by atoms with E-state index < -0.39 is 5.97 Å². The maximum absolute atomic E-state index is 12.0. The summed E-state index contributed by atoms with van der Waals surface area (Å²) in [5.74, 6) is 0.725. The fourth-order valence-electron chi connectivity index (χ4n) is 2.00. The lowest BCUT2D eigenvalue weighted by Gasteiger charge is -2.03. The summed E-state index contributed by atoms with van der Waals surface area (Å²) < 4.78 is 16.0. The number of hydrogen-bond acceptors (Lipinski definition) is 5. The molecule has 0 saturated heterocycles. The third-order valence-corrected chi connectivity index (χ3v) is 3.00. The van der Waals surface area contributed by atoms with E-state index in [2.05, 4.69) is 4.98 Å². The van der Waals surface area contributed by atoms with E-state index in [1.807, 2.05) is 38.1 Å². The minimum atomic E-state index is -0.491. The van der Waals surface area contributed by atoms with Gasteiger partial charge in [0.2, 0.25) is 11.7 Å². The van der Waals surface area contributed by atoms with E-state index in [-0.39, 0.29) is 11.7 Å². The Morgan fingerprint density at radius 1 is 1.33 bits per heavy atom. The molecule has 0 fully saturated rings. The molecule has 1 aromatic heterocycles. The lowest BCUT2D eigenvalue weighted by atomic mass is 10.1. The van der Waals surface area contributed by atoms with Crippen molar-refractivity contribution in [3.05, 3.63) is 35.7 Å². The summed E-state index contributed by atoms with van der Waals surface area (Å²) >= 11 is 0. The van der Waals surface area contributed by atoms with Gasteiger partial charge in [-0.2, -0.15) is 0 Å². The first-order valence-corrected chi connectivity index (χ1v) is 6.89. The van der Waals surface area contributed by atoms with Crippen molar-refractivity contribution in [2.75, 3.05) is 13.7 Å². The van der Waals surface area contributed by atoms with Crippen LogP contribution in [0.1, 0.15) is 42.9 Å². The molecule has 5 nitrogen and oxygen atoms in total. The van der Waals surface area contributed by atoms with Crippen LogP contribution in [0.3, 0.4) is 0 Å². The maximum Gasteiger partial charge on any atom is 0.376 e. The highest BCUT2D eigenvalue weighted by Gasteiger charge is 2.25. The molecule has 1 aromatic carbocycles. The standard InChI is InChI=1S/C16H19NO4/c1-5-20-16(18)14-13(10(2)3)17-15(21-14)11-8-6-7-9-12(11)19-4/h6-10H,5H2,1-4H3. The minimum absolute atomic E-state index is 0.0524. The van der Waals surface area contributed by atoms with Gasteiger partial charge in [0.05, 0.1) is 25.0 Å². The van der Waals surface area contributed by atoms with Gasteiger partial charge in [0.1, 0.15) is 5.75 Å². The molecule has 0 unspecified atom stereocenters. The molecule has 0 amide bonds. The van der Waals surface area contributed by atoms with E-state index in [1.165, 1.54) is 0 Å². The molecule has 0 aliphatic carbocycles. The molecule has 0 aliphatic heterocycles. The van der Waals surface area contributed by atoms with Crippen molar-refractivity contribution in [3.63, 3.8) is 0 Å². The van der Waals surface area contributed by atoms with E-state index in [1.54, 1.807) is 14.0 Å². The van der Waals surface area contributed by atoms with Crippen LogP contribution in [0.4, 0.5) is 0 Å². The van der Waals surface area contributed by atoms with Gasteiger partial charge in [-0.15, -0.1) is 0 Å². The van der Waals surface area contributed by atoms with E-state index >= 15 is 0 Å². The number of nitrogens with zero attached hydrogens (tertiary/aromatic N) is 1. The van der Waals surface area contributed by atoms with Gasteiger partial charge >= 0.3 is 5.97 Å². The second kappa shape index (κ2) is 6.43. The Balaban J connectivity index is 2.51. The van der Waals surface area contributed by atoms with Gasteiger partial charge in [-0.3, -0.25) is 0 Å². The van der Waals surface area contributed by atoms with Gasteiger partial charge in [-0.25, -0.2) is 9.78 Å². The van der Waals surface area contributed by atoms with Gasteiger partial charge < -0.3 is 13.9 Å². The molecule has 21 heavy (non-hydrogen) atoms. The van der Waals surface area contributed by atoms with Crippen LogP contribution in [-0.4, -0.2) is 24.7 Å². The summed E-state index contributed by atoms with van der Waals surface area (Å²) in [6.45, 7) is 5.95. The number of carbonyl (C=O) groups excluding carboxylic acids is 1. The summed E-state index contributed by atoms with van der Waals surface area (Å²) in [6.07, 6.45) is 0. The number of para-hydroxylation sites is 1. The Morgan fingerprint density at radius 2 is 2.05 bits per heavy atom. The van der Waals surface area contributed by atoms with E-state index in [9.17, 15) is 4.79 Å². The number of methoxy groups -OCH3 is 1.